The van der Waals surface area contributed by atoms with Crippen molar-refractivity contribution in [2.45, 2.75) is 31.6 Å². The van der Waals surface area contributed by atoms with Crippen LogP contribution in [0.15, 0.2) is 78.2 Å². The average Bonchev–Trinajstić information content (AvgIpc) is 3.48. The molecule has 1 aliphatic rings. The monoisotopic (exact) mass is 559 g/mol. The molecule has 5 rings (SSSR count). The summed E-state index contributed by atoms with van der Waals surface area (Å²) >= 11 is 7.74. The molecule has 1 saturated heterocycles. The van der Waals surface area contributed by atoms with Crippen molar-refractivity contribution in [3.8, 4) is 16.9 Å². The Morgan fingerprint density at radius 2 is 1.79 bits per heavy atom. The summed E-state index contributed by atoms with van der Waals surface area (Å²) in [5.74, 6) is 0.799. The predicted octanol–water partition coefficient (Wildman–Crippen LogP) is 7.06. The number of nitrogens with zero attached hydrogens (tertiary/aromatic N) is 2. The third-order valence-corrected chi connectivity index (χ3v) is 8.45. The summed E-state index contributed by atoms with van der Waals surface area (Å²) in [6.45, 7) is 1.38. The van der Waals surface area contributed by atoms with E-state index in [1.807, 2.05) is 83.1 Å². The number of piperidine rings is 1. The van der Waals surface area contributed by atoms with Crippen LogP contribution in [0.1, 0.15) is 46.2 Å². The van der Waals surface area contributed by atoms with E-state index in [-0.39, 0.29) is 17.7 Å². The number of hydrogen-bond acceptors (Lipinski definition) is 5. The quantitative estimate of drug-likeness (QED) is 0.251. The number of nitrogens with one attached hydrogen (secondary N) is 1. The molecule has 1 aliphatic heterocycles. The predicted molar refractivity (Wildman–Crippen MR) is 157 cm³/mol. The summed E-state index contributed by atoms with van der Waals surface area (Å²) < 4.78 is 5.39. The fraction of sp³-hybridized carbons (Fsp3) is 0.258. The molecule has 0 unspecified atom stereocenters. The van der Waals surface area contributed by atoms with Crippen LogP contribution < -0.4 is 10.1 Å². The normalized spacial score (nSPS) is 13.7. The highest BCUT2D eigenvalue weighted by Crippen LogP contribution is 2.33. The molecule has 6 nitrogen and oxygen atoms in total. The van der Waals surface area contributed by atoms with E-state index in [2.05, 4.69) is 10.3 Å². The molecule has 1 aromatic heterocycles. The molecule has 1 fully saturated rings. The summed E-state index contributed by atoms with van der Waals surface area (Å²) in [5.41, 5.74) is 3.98. The van der Waals surface area contributed by atoms with Crippen molar-refractivity contribution in [3.63, 3.8) is 0 Å². The number of thiazole rings is 1. The van der Waals surface area contributed by atoms with E-state index in [4.69, 9.17) is 16.3 Å². The molecule has 200 valence electrons. The molecule has 0 atom stereocenters. The van der Waals surface area contributed by atoms with Crippen molar-refractivity contribution in [1.82, 2.24) is 9.88 Å². The molecule has 3 aromatic carbocycles. The Labute approximate surface area is 237 Å². The molecule has 0 aliphatic carbocycles. The van der Waals surface area contributed by atoms with Crippen molar-refractivity contribution in [1.29, 1.82) is 0 Å². The number of anilines is 1. The molecule has 0 saturated carbocycles. The Kier molecular flexibility index (Phi) is 8.59. The van der Waals surface area contributed by atoms with E-state index >= 15 is 0 Å². The summed E-state index contributed by atoms with van der Waals surface area (Å²) in [6, 6.07) is 23.2. The standard InChI is InChI=1S/C31H30ClN3O3S/c1-38-24-12-13-25(21-7-3-2-4-8-21)27(19-24)33-30(37)28-20-39-31(34-28)23-15-17-35(18-16-23)29(36)14-11-22-9-5-6-10-26(22)32/h2-10,12-13,19-20,23H,11,14-18H2,1H3,(H,33,37). The summed E-state index contributed by atoms with van der Waals surface area (Å²) in [5, 5.41) is 6.49. The van der Waals surface area contributed by atoms with Gasteiger partial charge in [0.2, 0.25) is 5.91 Å². The van der Waals surface area contributed by atoms with Crippen molar-refractivity contribution in [3.05, 3.63) is 99.5 Å². The Morgan fingerprint density at radius 1 is 1.05 bits per heavy atom. The third-order valence-electron chi connectivity index (χ3n) is 7.08. The fourth-order valence-corrected chi connectivity index (χ4v) is 6.07. The fourth-order valence-electron chi connectivity index (χ4n) is 4.87. The van der Waals surface area contributed by atoms with Gasteiger partial charge in [-0.15, -0.1) is 11.3 Å². The van der Waals surface area contributed by atoms with Gasteiger partial charge >= 0.3 is 0 Å². The number of halogens is 1. The molecule has 2 heterocycles. The number of amides is 2. The smallest absolute Gasteiger partial charge is 0.275 e. The Balaban J connectivity index is 1.19. The number of carbonyl (C=O) groups is 2. The zero-order valence-electron chi connectivity index (χ0n) is 21.7. The van der Waals surface area contributed by atoms with Gasteiger partial charge in [0.25, 0.3) is 5.91 Å². The van der Waals surface area contributed by atoms with Gasteiger partial charge in [-0.2, -0.15) is 0 Å². The minimum absolute atomic E-state index is 0.153. The van der Waals surface area contributed by atoms with Gasteiger partial charge in [0.1, 0.15) is 11.4 Å². The van der Waals surface area contributed by atoms with Crippen LogP contribution in [0.4, 0.5) is 5.69 Å². The van der Waals surface area contributed by atoms with Gasteiger partial charge in [0, 0.05) is 47.5 Å². The maximum atomic E-state index is 13.2. The van der Waals surface area contributed by atoms with Gasteiger partial charge in [-0.25, -0.2) is 4.98 Å². The van der Waals surface area contributed by atoms with Crippen molar-refractivity contribution < 1.29 is 14.3 Å². The van der Waals surface area contributed by atoms with Gasteiger partial charge in [-0.05, 0) is 48.6 Å². The third kappa shape index (κ3) is 6.49. The first-order valence-corrected chi connectivity index (χ1v) is 14.3. The van der Waals surface area contributed by atoms with Crippen LogP contribution in [0.5, 0.6) is 5.75 Å². The Morgan fingerprint density at radius 3 is 2.54 bits per heavy atom. The zero-order valence-corrected chi connectivity index (χ0v) is 23.3. The number of carbonyl (C=O) groups excluding carboxylic acids is 2. The first-order valence-electron chi connectivity index (χ1n) is 13.0. The van der Waals surface area contributed by atoms with Gasteiger partial charge in [0.15, 0.2) is 0 Å². The summed E-state index contributed by atoms with van der Waals surface area (Å²) in [4.78, 5) is 32.6. The molecular formula is C31H30ClN3O3S. The summed E-state index contributed by atoms with van der Waals surface area (Å²) in [6.07, 6.45) is 2.76. The first kappa shape index (κ1) is 26.9. The molecule has 4 aromatic rings. The highest BCUT2D eigenvalue weighted by molar-refractivity contribution is 7.10. The Hall–Kier alpha value is -3.68. The van der Waals surface area contributed by atoms with E-state index in [1.54, 1.807) is 7.11 Å². The Bertz CT molecular complexity index is 1450. The van der Waals surface area contributed by atoms with Crippen molar-refractivity contribution in [2.24, 2.45) is 0 Å². The molecule has 1 N–H and O–H groups in total. The topological polar surface area (TPSA) is 71.5 Å². The number of aryl methyl sites for hydroxylation is 1. The minimum atomic E-state index is -0.255. The largest absolute Gasteiger partial charge is 0.497 e. The average molecular weight is 560 g/mol. The van der Waals surface area contributed by atoms with Crippen LogP contribution >= 0.6 is 22.9 Å². The number of likely N-dealkylation sites (tertiary alicyclic amines) is 1. The molecular weight excluding hydrogens is 530 g/mol. The van der Waals surface area contributed by atoms with Crippen LogP contribution in [0.2, 0.25) is 5.02 Å². The molecule has 0 spiro atoms. The number of aromatic nitrogens is 1. The van der Waals surface area contributed by atoms with Crippen LogP contribution in [-0.4, -0.2) is 41.9 Å². The highest BCUT2D eigenvalue weighted by Gasteiger charge is 2.26. The first-order chi connectivity index (χ1) is 19.0. The van der Waals surface area contributed by atoms with Crippen LogP contribution in [-0.2, 0) is 11.2 Å². The second kappa shape index (κ2) is 12.5. The lowest BCUT2D eigenvalue weighted by Gasteiger charge is -2.31. The number of hydrogen-bond donors (Lipinski definition) is 1. The highest BCUT2D eigenvalue weighted by atomic mass is 35.5. The van der Waals surface area contributed by atoms with E-state index in [9.17, 15) is 9.59 Å². The lowest BCUT2D eigenvalue weighted by Crippen LogP contribution is -2.38. The number of ether oxygens (including phenoxy) is 1. The minimum Gasteiger partial charge on any atom is -0.497 e. The number of benzene rings is 3. The van der Waals surface area contributed by atoms with Gasteiger partial charge in [-0.3, -0.25) is 9.59 Å². The second-order valence-electron chi connectivity index (χ2n) is 9.55. The number of rotatable bonds is 8. The zero-order chi connectivity index (χ0) is 27.2. The van der Waals surface area contributed by atoms with Crippen LogP contribution in [0, 0.1) is 0 Å². The van der Waals surface area contributed by atoms with Gasteiger partial charge in [-0.1, -0.05) is 60.1 Å². The van der Waals surface area contributed by atoms with Crippen LogP contribution in [0.25, 0.3) is 11.1 Å². The molecule has 0 radical (unpaired) electrons. The van der Waals surface area contributed by atoms with Gasteiger partial charge in [0.05, 0.1) is 17.8 Å². The molecule has 39 heavy (non-hydrogen) atoms. The lowest BCUT2D eigenvalue weighted by atomic mass is 9.97. The lowest BCUT2D eigenvalue weighted by molar-refractivity contribution is -0.132. The molecule has 8 heteroatoms. The van der Waals surface area contributed by atoms with Crippen molar-refractivity contribution >= 4 is 40.4 Å². The summed E-state index contributed by atoms with van der Waals surface area (Å²) in [7, 11) is 1.60. The van der Waals surface area contributed by atoms with E-state index in [0.717, 1.165) is 34.5 Å². The maximum Gasteiger partial charge on any atom is 0.275 e. The van der Waals surface area contributed by atoms with E-state index < -0.39 is 0 Å². The van der Waals surface area contributed by atoms with E-state index in [1.165, 1.54) is 11.3 Å². The second-order valence-corrected chi connectivity index (χ2v) is 10.8. The maximum absolute atomic E-state index is 13.2. The van der Waals surface area contributed by atoms with E-state index in [0.29, 0.717) is 48.1 Å². The van der Waals surface area contributed by atoms with Crippen LogP contribution in [0.3, 0.4) is 0 Å². The molecule has 2 amide bonds. The van der Waals surface area contributed by atoms with Gasteiger partial charge < -0.3 is 15.0 Å². The molecule has 0 bridgehead atoms. The number of methoxy groups -OCH3 is 1. The SMILES string of the molecule is COc1ccc(-c2ccccc2)c(NC(=O)c2csc(C3CCN(C(=O)CCc4ccccc4Cl)CC3)n2)c1. The van der Waals surface area contributed by atoms with Crippen molar-refractivity contribution in [2.75, 3.05) is 25.5 Å².